The predicted molar refractivity (Wildman–Crippen MR) is 114 cm³/mol. The second-order valence-corrected chi connectivity index (χ2v) is 7.37. The van der Waals surface area contributed by atoms with Crippen molar-refractivity contribution in [3.63, 3.8) is 0 Å². The number of pyridine rings is 1. The maximum atomic E-state index is 14.4. The van der Waals surface area contributed by atoms with E-state index in [1.807, 2.05) is 0 Å². The fraction of sp³-hybridized carbons (Fsp3) is 0.130. The van der Waals surface area contributed by atoms with Gasteiger partial charge in [0.2, 0.25) is 5.91 Å². The fourth-order valence-corrected chi connectivity index (χ4v) is 3.34. The molecule has 2 aromatic carbocycles. The molecule has 0 aliphatic heterocycles. The minimum Gasteiger partial charge on any atom is -0.381 e. The first-order valence-electron chi connectivity index (χ1n) is 9.85. The van der Waals surface area contributed by atoms with Gasteiger partial charge in [0.15, 0.2) is 0 Å². The van der Waals surface area contributed by atoms with Gasteiger partial charge in [0.1, 0.15) is 35.7 Å². The number of carbonyl (C=O) groups excluding carboxylic acids is 1. The van der Waals surface area contributed by atoms with Gasteiger partial charge >= 0.3 is 0 Å². The Morgan fingerprint density at radius 2 is 1.88 bits per heavy atom. The molecule has 10 heteroatoms. The highest BCUT2D eigenvalue weighted by atomic mass is 19.1. The van der Waals surface area contributed by atoms with Crippen LogP contribution in [-0.2, 0) is 16.9 Å². The van der Waals surface area contributed by atoms with Crippen LogP contribution in [-0.4, -0.2) is 37.3 Å². The van der Waals surface area contributed by atoms with E-state index < -0.39 is 23.1 Å². The molecular formula is C23H18F3N5O2. The van der Waals surface area contributed by atoms with Crippen molar-refractivity contribution in [2.75, 3.05) is 6.54 Å². The largest absolute Gasteiger partial charge is 0.381 e. The van der Waals surface area contributed by atoms with E-state index in [4.69, 9.17) is 0 Å². The Labute approximate surface area is 186 Å². The van der Waals surface area contributed by atoms with E-state index in [0.717, 1.165) is 12.1 Å². The van der Waals surface area contributed by atoms with Crippen LogP contribution in [0.2, 0.25) is 0 Å². The van der Waals surface area contributed by atoms with Gasteiger partial charge in [-0.25, -0.2) is 27.8 Å². The zero-order valence-corrected chi connectivity index (χ0v) is 17.1. The number of fused-ring (bicyclic) bond motifs is 1. The van der Waals surface area contributed by atoms with E-state index >= 15 is 0 Å². The molecule has 2 aromatic heterocycles. The van der Waals surface area contributed by atoms with Crippen molar-refractivity contribution in [1.82, 2.24) is 25.1 Å². The van der Waals surface area contributed by atoms with Crippen LogP contribution in [0.1, 0.15) is 11.3 Å². The van der Waals surface area contributed by atoms with Gasteiger partial charge in [0.05, 0.1) is 24.3 Å². The van der Waals surface area contributed by atoms with Crippen LogP contribution >= 0.6 is 0 Å². The molecule has 1 amide bonds. The van der Waals surface area contributed by atoms with Crippen LogP contribution in [0.3, 0.4) is 0 Å². The van der Waals surface area contributed by atoms with Crippen LogP contribution in [0.15, 0.2) is 67.3 Å². The van der Waals surface area contributed by atoms with E-state index in [2.05, 4.69) is 20.4 Å². The first kappa shape index (κ1) is 22.2. The van der Waals surface area contributed by atoms with Crippen molar-refractivity contribution in [3.8, 4) is 0 Å². The molecule has 1 atom stereocenters. The summed E-state index contributed by atoms with van der Waals surface area (Å²) in [5.41, 5.74) is -1.10. The quantitative estimate of drug-likeness (QED) is 0.420. The lowest BCUT2D eigenvalue weighted by Gasteiger charge is -2.29. The molecule has 168 valence electrons. The summed E-state index contributed by atoms with van der Waals surface area (Å²) in [5, 5.41) is 18.2. The number of nitrogens with one attached hydrogen (secondary N) is 1. The molecule has 0 aliphatic carbocycles. The summed E-state index contributed by atoms with van der Waals surface area (Å²) >= 11 is 0. The van der Waals surface area contributed by atoms with Gasteiger partial charge in [-0.1, -0.05) is 12.1 Å². The Hall–Kier alpha value is -4.05. The summed E-state index contributed by atoms with van der Waals surface area (Å²) in [7, 11) is 0. The molecule has 0 saturated heterocycles. The Kier molecular flexibility index (Phi) is 6.18. The van der Waals surface area contributed by atoms with Crippen LogP contribution in [0.25, 0.3) is 17.0 Å². The molecule has 4 aromatic rings. The van der Waals surface area contributed by atoms with E-state index in [1.165, 1.54) is 47.7 Å². The van der Waals surface area contributed by atoms with Crippen molar-refractivity contribution < 1.29 is 23.1 Å². The van der Waals surface area contributed by atoms with Crippen molar-refractivity contribution in [2.24, 2.45) is 0 Å². The molecule has 7 nitrogen and oxygen atoms in total. The Bertz CT molecular complexity index is 1330. The van der Waals surface area contributed by atoms with Crippen LogP contribution < -0.4 is 5.32 Å². The van der Waals surface area contributed by atoms with Gasteiger partial charge in [0, 0.05) is 23.1 Å². The molecular weight excluding hydrogens is 435 g/mol. The molecule has 0 aliphatic rings. The van der Waals surface area contributed by atoms with Gasteiger partial charge in [-0.3, -0.25) is 4.79 Å². The number of carbonyl (C=O) groups is 1. The second-order valence-electron chi connectivity index (χ2n) is 7.37. The molecule has 0 saturated carbocycles. The normalized spacial score (nSPS) is 13.3. The molecule has 1 unspecified atom stereocenters. The summed E-state index contributed by atoms with van der Waals surface area (Å²) in [6.45, 7) is -0.620. The lowest BCUT2D eigenvalue weighted by Crippen LogP contribution is -2.44. The average molecular weight is 453 g/mol. The first-order valence-corrected chi connectivity index (χ1v) is 9.85. The van der Waals surface area contributed by atoms with Crippen molar-refractivity contribution in [3.05, 3.63) is 96.0 Å². The van der Waals surface area contributed by atoms with Crippen molar-refractivity contribution >= 4 is 22.9 Å². The van der Waals surface area contributed by atoms with E-state index in [1.54, 1.807) is 12.1 Å². The molecule has 0 fully saturated rings. The SMILES string of the molecule is O=C(/C=C/c1ccc2cc(F)ccc2n1)NCC(O)(Cn1cncn1)c1ccc(F)cc1F. The number of benzene rings is 2. The molecule has 2 heterocycles. The Morgan fingerprint density at radius 1 is 1.09 bits per heavy atom. The average Bonchev–Trinajstić information content (AvgIpc) is 3.29. The maximum Gasteiger partial charge on any atom is 0.244 e. The molecule has 33 heavy (non-hydrogen) atoms. The first-order chi connectivity index (χ1) is 15.8. The highest BCUT2D eigenvalue weighted by molar-refractivity contribution is 5.92. The number of aliphatic hydroxyl groups is 1. The van der Waals surface area contributed by atoms with Crippen LogP contribution in [0.4, 0.5) is 13.2 Å². The molecule has 0 bridgehead atoms. The van der Waals surface area contributed by atoms with E-state index in [9.17, 15) is 23.1 Å². The zero-order valence-electron chi connectivity index (χ0n) is 17.1. The second kappa shape index (κ2) is 9.21. The highest BCUT2D eigenvalue weighted by Gasteiger charge is 2.34. The van der Waals surface area contributed by atoms with Gasteiger partial charge in [-0.05, 0) is 36.4 Å². The number of amides is 1. The standard InChI is InChI=1S/C23H18F3N5O2/c24-16-3-7-21-15(9-16)1-4-18(30-21)5-8-22(32)28-11-23(33,12-31-14-27-13-29-31)19-6-2-17(25)10-20(19)26/h1-10,13-14,33H,11-12H2,(H,28,32)/b8-5+. The predicted octanol–water partition coefficient (Wildman–Crippen LogP) is 2.96. The number of nitrogens with zero attached hydrogens (tertiary/aromatic N) is 4. The Morgan fingerprint density at radius 3 is 2.64 bits per heavy atom. The van der Waals surface area contributed by atoms with Gasteiger partial charge in [0.25, 0.3) is 0 Å². The monoisotopic (exact) mass is 453 g/mol. The lowest BCUT2D eigenvalue weighted by atomic mass is 9.92. The zero-order chi connectivity index (χ0) is 23.4. The molecule has 0 spiro atoms. The van der Waals surface area contributed by atoms with Crippen LogP contribution in [0, 0.1) is 17.5 Å². The van der Waals surface area contributed by atoms with E-state index in [0.29, 0.717) is 22.7 Å². The highest BCUT2D eigenvalue weighted by Crippen LogP contribution is 2.26. The fourth-order valence-electron chi connectivity index (χ4n) is 3.34. The van der Waals surface area contributed by atoms with Crippen molar-refractivity contribution in [1.29, 1.82) is 0 Å². The summed E-state index contributed by atoms with van der Waals surface area (Å²) in [6, 6.07) is 10.3. The molecule has 2 N–H and O–H groups in total. The topological polar surface area (TPSA) is 92.9 Å². The van der Waals surface area contributed by atoms with E-state index in [-0.39, 0.29) is 24.5 Å². The lowest BCUT2D eigenvalue weighted by molar-refractivity contribution is -0.118. The van der Waals surface area contributed by atoms with Crippen molar-refractivity contribution in [2.45, 2.75) is 12.1 Å². The number of hydrogen-bond donors (Lipinski definition) is 2. The van der Waals surface area contributed by atoms with Gasteiger partial charge in [-0.15, -0.1) is 0 Å². The summed E-state index contributed by atoms with van der Waals surface area (Å²) in [5.74, 6) is -2.70. The smallest absolute Gasteiger partial charge is 0.244 e. The molecule has 0 radical (unpaired) electrons. The number of aromatic nitrogens is 4. The number of halogens is 3. The minimum absolute atomic E-state index is 0.202. The number of hydrogen-bond acceptors (Lipinski definition) is 5. The van der Waals surface area contributed by atoms with Gasteiger partial charge < -0.3 is 10.4 Å². The molecule has 4 rings (SSSR count). The number of rotatable bonds is 7. The Balaban J connectivity index is 1.50. The summed E-state index contributed by atoms with van der Waals surface area (Å²) in [6.07, 6.45) is 5.22. The maximum absolute atomic E-state index is 14.4. The minimum atomic E-state index is -1.93. The third kappa shape index (κ3) is 5.24. The van der Waals surface area contributed by atoms with Gasteiger partial charge in [-0.2, -0.15) is 5.10 Å². The summed E-state index contributed by atoms with van der Waals surface area (Å²) < 4.78 is 42.3. The third-order valence-electron chi connectivity index (χ3n) is 4.96. The summed E-state index contributed by atoms with van der Waals surface area (Å²) in [4.78, 5) is 20.5. The van der Waals surface area contributed by atoms with Crippen LogP contribution in [0.5, 0.6) is 0 Å². The third-order valence-corrected chi connectivity index (χ3v) is 4.96.